The fourth-order valence-electron chi connectivity index (χ4n) is 1.65. The third-order valence-electron chi connectivity index (χ3n) is 3.21. The van der Waals surface area contributed by atoms with Gasteiger partial charge >= 0.3 is 0 Å². The van der Waals surface area contributed by atoms with E-state index in [4.69, 9.17) is 9.57 Å². The van der Waals surface area contributed by atoms with Gasteiger partial charge in [-0.15, -0.1) is 0 Å². The largest absolute Gasteiger partial charge is 0.352 e. The summed E-state index contributed by atoms with van der Waals surface area (Å²) in [5.41, 5.74) is -0.533. The van der Waals surface area contributed by atoms with Crippen molar-refractivity contribution < 1.29 is 9.57 Å². The van der Waals surface area contributed by atoms with Gasteiger partial charge in [0.2, 0.25) is 0 Å². The van der Waals surface area contributed by atoms with Crippen LogP contribution in [0.25, 0.3) is 0 Å². The average molecular weight is 215 g/mol. The summed E-state index contributed by atoms with van der Waals surface area (Å²) in [7, 11) is 0. The van der Waals surface area contributed by atoms with Crippen LogP contribution in [0.5, 0.6) is 0 Å². The van der Waals surface area contributed by atoms with Crippen molar-refractivity contribution in [3.05, 3.63) is 0 Å². The molecule has 0 aliphatic carbocycles. The van der Waals surface area contributed by atoms with Gasteiger partial charge in [-0.2, -0.15) is 5.06 Å². The predicted molar refractivity (Wildman–Crippen MR) is 61.3 cm³/mol. The smallest absolute Gasteiger partial charge is 0.131 e. The fraction of sp³-hybridized carbons (Fsp3) is 1.00. The number of hydroxylamine groups is 2. The van der Waals surface area contributed by atoms with Gasteiger partial charge in [0, 0.05) is 6.54 Å². The third kappa shape index (κ3) is 2.71. The molecule has 0 aromatic carbocycles. The van der Waals surface area contributed by atoms with Crippen LogP contribution in [0.2, 0.25) is 0 Å². The second-order valence-electron chi connectivity index (χ2n) is 5.82. The van der Waals surface area contributed by atoms with Crippen molar-refractivity contribution in [2.45, 2.75) is 65.9 Å². The first-order valence-corrected chi connectivity index (χ1v) is 5.79. The van der Waals surface area contributed by atoms with Crippen molar-refractivity contribution in [2.75, 3.05) is 6.54 Å². The summed E-state index contributed by atoms with van der Waals surface area (Å²) in [4.78, 5) is 6.02. The van der Waals surface area contributed by atoms with E-state index >= 15 is 0 Å². The van der Waals surface area contributed by atoms with E-state index in [1.54, 1.807) is 0 Å². The highest BCUT2D eigenvalue weighted by Crippen LogP contribution is 2.36. The minimum Gasteiger partial charge on any atom is -0.352 e. The minimum absolute atomic E-state index is 0.0235. The predicted octanol–water partition coefficient (Wildman–Crippen LogP) is 2.81. The van der Waals surface area contributed by atoms with Crippen LogP contribution in [-0.2, 0) is 9.57 Å². The molecule has 1 fully saturated rings. The SMILES string of the molecule is CC(C)CN1OC(C)(C)C(C)(C)OC1C. The molecule has 1 atom stereocenters. The molecule has 1 aliphatic heterocycles. The Labute approximate surface area is 93.7 Å². The number of hydrogen-bond acceptors (Lipinski definition) is 3. The van der Waals surface area contributed by atoms with Crippen LogP contribution in [0, 0.1) is 5.92 Å². The van der Waals surface area contributed by atoms with Crippen LogP contribution >= 0.6 is 0 Å². The first-order valence-electron chi connectivity index (χ1n) is 5.79. The molecule has 0 amide bonds. The van der Waals surface area contributed by atoms with Crippen LogP contribution in [0.15, 0.2) is 0 Å². The van der Waals surface area contributed by atoms with Gasteiger partial charge in [0.1, 0.15) is 11.8 Å². The van der Waals surface area contributed by atoms with Crippen LogP contribution in [0.3, 0.4) is 0 Å². The zero-order valence-corrected chi connectivity index (χ0v) is 11.1. The summed E-state index contributed by atoms with van der Waals surface area (Å²) in [5.74, 6) is 0.577. The first-order chi connectivity index (χ1) is 6.66. The van der Waals surface area contributed by atoms with E-state index in [0.29, 0.717) is 5.92 Å². The van der Waals surface area contributed by atoms with Gasteiger partial charge in [-0.1, -0.05) is 13.8 Å². The lowest BCUT2D eigenvalue weighted by atomic mass is 9.88. The lowest BCUT2D eigenvalue weighted by molar-refractivity contribution is -0.405. The molecule has 1 aliphatic rings. The number of rotatable bonds is 2. The Morgan fingerprint density at radius 3 is 2.13 bits per heavy atom. The fourth-order valence-corrected chi connectivity index (χ4v) is 1.65. The highest BCUT2D eigenvalue weighted by Gasteiger charge is 2.47. The normalized spacial score (nSPS) is 30.8. The van der Waals surface area contributed by atoms with E-state index in [9.17, 15) is 0 Å². The lowest BCUT2D eigenvalue weighted by Crippen LogP contribution is -2.62. The summed E-state index contributed by atoms with van der Waals surface area (Å²) in [5, 5.41) is 1.95. The Balaban J connectivity index is 2.73. The molecule has 0 radical (unpaired) electrons. The van der Waals surface area contributed by atoms with E-state index in [-0.39, 0.29) is 17.4 Å². The molecule has 3 nitrogen and oxygen atoms in total. The maximum Gasteiger partial charge on any atom is 0.131 e. The summed E-state index contributed by atoms with van der Waals surface area (Å²) in [6, 6.07) is 0. The highest BCUT2D eigenvalue weighted by molar-refractivity contribution is 4.92. The van der Waals surface area contributed by atoms with Gasteiger partial charge in [-0.3, -0.25) is 4.84 Å². The molecule has 0 aromatic heterocycles. The van der Waals surface area contributed by atoms with Crippen molar-refractivity contribution in [2.24, 2.45) is 5.92 Å². The molecule has 0 N–H and O–H groups in total. The molecule has 15 heavy (non-hydrogen) atoms. The second kappa shape index (κ2) is 4.04. The molecule has 1 rings (SSSR count). The number of hydrogen-bond donors (Lipinski definition) is 0. The molecule has 0 saturated carbocycles. The Morgan fingerprint density at radius 1 is 1.13 bits per heavy atom. The van der Waals surface area contributed by atoms with Crippen molar-refractivity contribution in [1.82, 2.24) is 5.06 Å². The molecule has 0 aromatic rings. The molecular formula is C12H25NO2. The van der Waals surface area contributed by atoms with Gasteiger partial charge in [0.25, 0.3) is 0 Å². The second-order valence-corrected chi connectivity index (χ2v) is 5.82. The Bertz CT molecular complexity index is 224. The van der Waals surface area contributed by atoms with Crippen LogP contribution < -0.4 is 0 Å². The number of ether oxygens (including phenoxy) is 1. The van der Waals surface area contributed by atoms with Gasteiger partial charge in [-0.25, -0.2) is 0 Å². The summed E-state index contributed by atoms with van der Waals surface area (Å²) >= 11 is 0. The van der Waals surface area contributed by atoms with Gasteiger partial charge < -0.3 is 4.74 Å². The lowest BCUT2D eigenvalue weighted by Gasteiger charge is -2.52. The number of nitrogens with zero attached hydrogens (tertiary/aromatic N) is 1. The molecular weight excluding hydrogens is 190 g/mol. The molecule has 3 heteroatoms. The Morgan fingerprint density at radius 2 is 1.67 bits per heavy atom. The van der Waals surface area contributed by atoms with E-state index < -0.39 is 0 Å². The quantitative estimate of drug-likeness (QED) is 0.707. The first kappa shape index (κ1) is 12.9. The van der Waals surface area contributed by atoms with Crippen molar-refractivity contribution in [1.29, 1.82) is 0 Å². The maximum absolute atomic E-state index is 6.02. The summed E-state index contributed by atoms with van der Waals surface area (Å²) < 4.78 is 6.00. The minimum atomic E-state index is -0.283. The van der Waals surface area contributed by atoms with Crippen LogP contribution in [0.1, 0.15) is 48.5 Å². The van der Waals surface area contributed by atoms with Crippen molar-refractivity contribution in [3.63, 3.8) is 0 Å². The van der Waals surface area contributed by atoms with Crippen molar-refractivity contribution >= 4 is 0 Å². The molecule has 1 heterocycles. The van der Waals surface area contributed by atoms with Crippen LogP contribution in [-0.4, -0.2) is 29.0 Å². The van der Waals surface area contributed by atoms with Gasteiger partial charge in [-0.05, 0) is 40.5 Å². The molecule has 0 bridgehead atoms. The summed E-state index contributed by atoms with van der Waals surface area (Å²) in [6.07, 6.45) is 0.0235. The van der Waals surface area contributed by atoms with E-state index in [1.165, 1.54) is 0 Å². The van der Waals surface area contributed by atoms with E-state index in [2.05, 4.69) is 41.5 Å². The maximum atomic E-state index is 6.02. The molecule has 1 saturated heterocycles. The van der Waals surface area contributed by atoms with E-state index in [1.807, 2.05) is 12.0 Å². The molecule has 1 unspecified atom stereocenters. The third-order valence-corrected chi connectivity index (χ3v) is 3.21. The Hall–Kier alpha value is -0.120. The van der Waals surface area contributed by atoms with Crippen molar-refractivity contribution in [3.8, 4) is 0 Å². The average Bonchev–Trinajstić information content (AvgIpc) is 1.98. The zero-order chi connectivity index (χ0) is 11.9. The molecule has 0 spiro atoms. The topological polar surface area (TPSA) is 21.7 Å². The van der Waals surface area contributed by atoms with Gasteiger partial charge in [0.05, 0.1) is 5.60 Å². The zero-order valence-electron chi connectivity index (χ0n) is 11.1. The monoisotopic (exact) mass is 215 g/mol. The van der Waals surface area contributed by atoms with Gasteiger partial charge in [0.15, 0.2) is 0 Å². The van der Waals surface area contributed by atoms with Crippen LogP contribution in [0.4, 0.5) is 0 Å². The standard InChI is InChI=1S/C12H25NO2/c1-9(2)8-13-10(3)14-11(4,5)12(6,7)15-13/h9-10H,8H2,1-7H3. The molecule has 90 valence electrons. The summed E-state index contributed by atoms with van der Waals surface area (Å²) in [6.45, 7) is 15.6. The van der Waals surface area contributed by atoms with E-state index in [0.717, 1.165) is 6.54 Å². The highest BCUT2D eigenvalue weighted by atomic mass is 16.8. The Kier molecular flexibility index (Phi) is 3.49.